The minimum atomic E-state index is -1.02. The third-order valence-electron chi connectivity index (χ3n) is 2.56. The molecular formula is C12H23NO3. The second-order valence-corrected chi connectivity index (χ2v) is 5.63. The van der Waals surface area contributed by atoms with Crippen LogP contribution in [0.2, 0.25) is 0 Å². The molecule has 0 saturated carbocycles. The van der Waals surface area contributed by atoms with Gasteiger partial charge in [0, 0.05) is 0 Å². The van der Waals surface area contributed by atoms with Crippen molar-refractivity contribution in [1.29, 1.82) is 0 Å². The van der Waals surface area contributed by atoms with E-state index in [2.05, 4.69) is 18.6 Å². The largest absolute Gasteiger partial charge is 0.412 e. The zero-order valence-corrected chi connectivity index (χ0v) is 10.9. The first kappa shape index (κ1) is 14.9. The normalized spacial score (nSPS) is 13.6. The molecule has 0 aliphatic carbocycles. The molecule has 4 heteroatoms. The smallest absolute Gasteiger partial charge is 0.376 e. The number of esters is 1. The van der Waals surface area contributed by atoms with Gasteiger partial charge in [0.25, 0.3) is 0 Å². The lowest BCUT2D eigenvalue weighted by Crippen LogP contribution is -2.33. The van der Waals surface area contributed by atoms with Crippen molar-refractivity contribution in [3.63, 3.8) is 0 Å². The van der Waals surface area contributed by atoms with Crippen LogP contribution in [0.3, 0.4) is 0 Å². The molecule has 1 atom stereocenters. The molecule has 0 saturated heterocycles. The summed E-state index contributed by atoms with van der Waals surface area (Å²) in [6.45, 7) is 10.1. The Bertz CT molecular complexity index is 253. The van der Waals surface area contributed by atoms with Crippen molar-refractivity contribution >= 4 is 12.1 Å². The fourth-order valence-electron chi connectivity index (χ4n) is 1.57. The molecule has 0 spiro atoms. The molecule has 0 aliphatic rings. The fourth-order valence-corrected chi connectivity index (χ4v) is 1.57. The lowest BCUT2D eigenvalue weighted by Gasteiger charge is -2.28. The summed E-state index contributed by atoms with van der Waals surface area (Å²) in [5.41, 5.74) is 4.63. The van der Waals surface area contributed by atoms with Gasteiger partial charge < -0.3 is 10.5 Å². The van der Waals surface area contributed by atoms with Crippen LogP contribution in [0.4, 0.5) is 4.79 Å². The van der Waals surface area contributed by atoms with Gasteiger partial charge in [-0.3, -0.25) is 4.79 Å². The molecular weight excluding hydrogens is 206 g/mol. The summed E-state index contributed by atoms with van der Waals surface area (Å²) >= 11 is 0. The van der Waals surface area contributed by atoms with Gasteiger partial charge in [-0.05, 0) is 17.8 Å². The Morgan fingerprint density at radius 3 is 2.00 bits per heavy atom. The van der Waals surface area contributed by atoms with Gasteiger partial charge >= 0.3 is 12.1 Å². The summed E-state index contributed by atoms with van der Waals surface area (Å²) in [5, 5.41) is 0. The van der Waals surface area contributed by atoms with Crippen LogP contribution in [0, 0.1) is 17.3 Å². The molecule has 1 unspecified atom stereocenters. The Kier molecular flexibility index (Phi) is 5.48. The number of rotatable bonds is 4. The second-order valence-electron chi connectivity index (χ2n) is 5.63. The molecule has 0 bridgehead atoms. The maximum Gasteiger partial charge on any atom is 0.412 e. The van der Waals surface area contributed by atoms with Crippen LogP contribution in [0.1, 0.15) is 47.5 Å². The van der Waals surface area contributed by atoms with Crippen molar-refractivity contribution in [1.82, 2.24) is 0 Å². The molecule has 0 rings (SSSR count). The summed E-state index contributed by atoms with van der Waals surface area (Å²) in [6.07, 6.45) is 0.618. The fraction of sp³-hybridized carbons (Fsp3) is 0.833. The minimum Gasteiger partial charge on any atom is -0.376 e. The molecule has 0 aliphatic heterocycles. The van der Waals surface area contributed by atoms with E-state index in [1.807, 2.05) is 20.8 Å². The van der Waals surface area contributed by atoms with Crippen LogP contribution >= 0.6 is 0 Å². The number of hydrogen-bond donors (Lipinski definition) is 1. The van der Waals surface area contributed by atoms with E-state index in [1.165, 1.54) is 0 Å². The van der Waals surface area contributed by atoms with Gasteiger partial charge in [-0.2, -0.15) is 0 Å². The lowest BCUT2D eigenvalue weighted by molar-refractivity contribution is -0.145. The highest BCUT2D eigenvalue weighted by atomic mass is 16.6. The first-order valence-corrected chi connectivity index (χ1v) is 5.65. The SMILES string of the molecule is CC(C)CCC(C(=O)OC(N)=O)C(C)(C)C. The zero-order chi connectivity index (χ0) is 12.9. The van der Waals surface area contributed by atoms with Crippen molar-refractivity contribution in [2.75, 3.05) is 0 Å². The van der Waals surface area contributed by atoms with Gasteiger partial charge in [0.15, 0.2) is 0 Å². The van der Waals surface area contributed by atoms with E-state index in [1.54, 1.807) is 0 Å². The molecule has 0 aromatic heterocycles. The summed E-state index contributed by atoms with van der Waals surface area (Å²) in [5.74, 6) is -0.283. The van der Waals surface area contributed by atoms with Crippen molar-refractivity contribution in [3.05, 3.63) is 0 Å². The number of amides is 1. The van der Waals surface area contributed by atoms with Gasteiger partial charge in [-0.15, -0.1) is 0 Å². The molecule has 4 nitrogen and oxygen atoms in total. The van der Waals surface area contributed by atoms with E-state index in [4.69, 9.17) is 5.73 Å². The van der Waals surface area contributed by atoms with E-state index in [0.29, 0.717) is 12.3 Å². The molecule has 16 heavy (non-hydrogen) atoms. The third kappa shape index (κ3) is 5.73. The number of carbonyl (C=O) groups is 2. The van der Waals surface area contributed by atoms with Gasteiger partial charge in [-0.25, -0.2) is 4.79 Å². The quantitative estimate of drug-likeness (QED) is 0.595. The van der Waals surface area contributed by atoms with Crippen LogP contribution in [0.25, 0.3) is 0 Å². The molecule has 0 fully saturated rings. The highest BCUT2D eigenvalue weighted by Gasteiger charge is 2.33. The van der Waals surface area contributed by atoms with Crippen LogP contribution in [-0.2, 0) is 9.53 Å². The molecule has 0 aromatic carbocycles. The molecule has 2 N–H and O–H groups in total. The number of hydrogen-bond acceptors (Lipinski definition) is 3. The van der Waals surface area contributed by atoms with E-state index >= 15 is 0 Å². The number of ether oxygens (including phenoxy) is 1. The van der Waals surface area contributed by atoms with Crippen molar-refractivity contribution in [2.45, 2.75) is 47.5 Å². The molecule has 0 heterocycles. The predicted molar refractivity (Wildman–Crippen MR) is 62.7 cm³/mol. The second kappa shape index (κ2) is 5.87. The Morgan fingerprint density at radius 2 is 1.69 bits per heavy atom. The zero-order valence-electron chi connectivity index (χ0n) is 10.9. The Morgan fingerprint density at radius 1 is 1.19 bits per heavy atom. The average molecular weight is 229 g/mol. The summed E-state index contributed by atoms with van der Waals surface area (Å²) in [6, 6.07) is 0. The lowest BCUT2D eigenvalue weighted by atomic mass is 9.77. The van der Waals surface area contributed by atoms with Crippen molar-refractivity contribution in [2.24, 2.45) is 23.0 Å². The van der Waals surface area contributed by atoms with Gasteiger partial charge in [-0.1, -0.05) is 41.0 Å². The number of primary amides is 1. The average Bonchev–Trinajstić information content (AvgIpc) is 1.98. The van der Waals surface area contributed by atoms with Crippen molar-refractivity contribution in [3.8, 4) is 0 Å². The summed E-state index contributed by atoms with van der Waals surface area (Å²) in [7, 11) is 0. The Balaban J connectivity index is 4.55. The van der Waals surface area contributed by atoms with Gasteiger partial charge in [0.1, 0.15) is 0 Å². The number of nitrogens with two attached hydrogens (primary N) is 1. The van der Waals surface area contributed by atoms with E-state index < -0.39 is 12.1 Å². The van der Waals surface area contributed by atoms with Crippen LogP contribution in [0.15, 0.2) is 0 Å². The molecule has 0 aromatic rings. The number of carbonyl (C=O) groups excluding carboxylic acids is 2. The van der Waals surface area contributed by atoms with Crippen LogP contribution in [0.5, 0.6) is 0 Å². The third-order valence-corrected chi connectivity index (χ3v) is 2.56. The topological polar surface area (TPSA) is 69.4 Å². The van der Waals surface area contributed by atoms with E-state index in [9.17, 15) is 9.59 Å². The molecule has 1 amide bonds. The van der Waals surface area contributed by atoms with Crippen molar-refractivity contribution < 1.29 is 14.3 Å². The molecule has 94 valence electrons. The van der Waals surface area contributed by atoms with Gasteiger partial charge in [0.05, 0.1) is 5.92 Å². The maximum atomic E-state index is 11.7. The summed E-state index contributed by atoms with van der Waals surface area (Å²) < 4.78 is 4.47. The maximum absolute atomic E-state index is 11.7. The first-order valence-electron chi connectivity index (χ1n) is 5.65. The monoisotopic (exact) mass is 229 g/mol. The highest BCUT2D eigenvalue weighted by molar-refractivity contribution is 5.85. The predicted octanol–water partition coefficient (Wildman–Crippen LogP) is 2.71. The first-order chi connectivity index (χ1) is 7.14. The minimum absolute atomic E-state index is 0.221. The summed E-state index contributed by atoms with van der Waals surface area (Å²) in [4.78, 5) is 22.2. The Hall–Kier alpha value is -1.06. The highest BCUT2D eigenvalue weighted by Crippen LogP contribution is 2.31. The standard InChI is InChI=1S/C12H23NO3/c1-8(2)6-7-9(12(3,4)5)10(14)16-11(13)15/h8-9H,6-7H2,1-5H3,(H2,13,15). The van der Waals surface area contributed by atoms with E-state index in [-0.39, 0.29) is 11.3 Å². The van der Waals surface area contributed by atoms with Gasteiger partial charge in [0.2, 0.25) is 0 Å². The molecule has 0 radical (unpaired) electrons. The Labute approximate surface area is 97.5 Å². The van der Waals surface area contributed by atoms with Crippen LogP contribution < -0.4 is 5.73 Å². The van der Waals surface area contributed by atoms with E-state index in [0.717, 1.165) is 6.42 Å². The van der Waals surface area contributed by atoms with Crippen LogP contribution in [-0.4, -0.2) is 12.1 Å².